The normalized spacial score (nSPS) is 14.7. The third-order valence-corrected chi connectivity index (χ3v) is 5.74. The van der Waals surface area contributed by atoms with Crippen molar-refractivity contribution in [3.8, 4) is 0 Å². The fraction of sp³-hybridized carbons (Fsp3) is 0.391. The van der Waals surface area contributed by atoms with Gasteiger partial charge in [0.25, 0.3) is 0 Å². The summed E-state index contributed by atoms with van der Waals surface area (Å²) in [6, 6.07) is 9.52. The molecule has 0 saturated carbocycles. The third kappa shape index (κ3) is 6.46. The average molecular weight is 454 g/mol. The number of nitrogens with zero attached hydrogens (tertiary/aromatic N) is 4. The largest absolute Gasteiger partial charge is 0.392 e. The van der Waals surface area contributed by atoms with Crippen LogP contribution in [0, 0.1) is 5.41 Å². The molecule has 32 heavy (non-hydrogen) atoms. The summed E-state index contributed by atoms with van der Waals surface area (Å²) < 4.78 is 0. The van der Waals surface area contributed by atoms with Gasteiger partial charge in [0, 0.05) is 47.9 Å². The van der Waals surface area contributed by atoms with Crippen LogP contribution in [0.25, 0.3) is 0 Å². The number of hydrogen-bond acceptors (Lipinski definition) is 7. The summed E-state index contributed by atoms with van der Waals surface area (Å²) in [5.74, 6) is 1.73. The first kappa shape index (κ1) is 23.6. The lowest BCUT2D eigenvalue weighted by Gasteiger charge is -2.32. The molecule has 0 radical (unpaired) electrons. The molecular formula is C23H31N7OS. The molecule has 2 aromatic rings. The molecule has 1 aromatic carbocycles. The van der Waals surface area contributed by atoms with Crippen LogP contribution in [0.4, 0.5) is 17.3 Å². The van der Waals surface area contributed by atoms with E-state index in [1.54, 1.807) is 6.08 Å². The van der Waals surface area contributed by atoms with Gasteiger partial charge in [-0.2, -0.15) is 0 Å². The smallest absolute Gasteiger partial charge is 0.229 e. The average Bonchev–Trinajstić information content (AvgIpc) is 2.67. The van der Waals surface area contributed by atoms with Crippen molar-refractivity contribution in [3.05, 3.63) is 42.1 Å². The lowest BCUT2D eigenvalue weighted by molar-refractivity contribution is -0.123. The number of aromatic nitrogens is 2. The van der Waals surface area contributed by atoms with E-state index in [9.17, 15) is 4.79 Å². The molecule has 1 amide bonds. The zero-order valence-electron chi connectivity index (χ0n) is 19.3. The molecular weight excluding hydrogens is 422 g/mol. The number of amides is 1. The number of anilines is 2. The maximum atomic E-state index is 12.2. The fourth-order valence-corrected chi connectivity index (χ4v) is 3.46. The predicted molar refractivity (Wildman–Crippen MR) is 132 cm³/mol. The highest BCUT2D eigenvalue weighted by Gasteiger charge is 2.21. The summed E-state index contributed by atoms with van der Waals surface area (Å²) >= 11 is 1.45. The zero-order chi connectivity index (χ0) is 23.3. The Hall–Kier alpha value is -3.07. The van der Waals surface area contributed by atoms with E-state index in [1.807, 2.05) is 65.1 Å². The van der Waals surface area contributed by atoms with E-state index in [0.717, 1.165) is 41.6 Å². The standard InChI is InChI=1S/C23H31N7OS/c1-15(25-5)13-18(24)27-19-14-20(30-11-6-12-30)29-22(28-19)32-17-9-7-16(8-10-17)26-21(31)23(2,3)4/h7-10,13-14,25H,6,11-12H2,1-5H3,(H,26,31)(H2,24,27,28,29). The van der Waals surface area contributed by atoms with Gasteiger partial charge >= 0.3 is 0 Å². The molecule has 170 valence electrons. The first-order valence-electron chi connectivity index (χ1n) is 10.6. The number of allylic oxidation sites excluding steroid dienone is 1. The van der Waals surface area contributed by atoms with Gasteiger partial charge in [-0.15, -0.1) is 0 Å². The maximum Gasteiger partial charge on any atom is 0.229 e. The van der Waals surface area contributed by atoms with Gasteiger partial charge < -0.3 is 21.3 Å². The van der Waals surface area contributed by atoms with E-state index >= 15 is 0 Å². The van der Waals surface area contributed by atoms with Crippen molar-refractivity contribution >= 4 is 40.8 Å². The van der Waals surface area contributed by atoms with Crippen molar-refractivity contribution in [3.63, 3.8) is 0 Å². The number of hydrogen-bond donors (Lipinski definition) is 3. The highest BCUT2D eigenvalue weighted by molar-refractivity contribution is 7.99. The minimum Gasteiger partial charge on any atom is -0.392 e. The van der Waals surface area contributed by atoms with E-state index in [4.69, 9.17) is 10.7 Å². The van der Waals surface area contributed by atoms with Gasteiger partial charge in [-0.1, -0.05) is 20.8 Å². The lowest BCUT2D eigenvalue weighted by Crippen LogP contribution is -2.37. The van der Waals surface area contributed by atoms with Crippen LogP contribution in [0.5, 0.6) is 0 Å². The van der Waals surface area contributed by atoms with E-state index in [2.05, 4.69) is 25.5 Å². The number of aliphatic imine (C=N–C) groups is 1. The van der Waals surface area contributed by atoms with E-state index in [-0.39, 0.29) is 5.91 Å². The minimum absolute atomic E-state index is 0.0221. The SMILES string of the molecule is CNC(C)=CC(N)=Nc1cc(N2CCC2)nc(Sc2ccc(NC(=O)C(C)(C)C)cc2)n1. The van der Waals surface area contributed by atoms with Gasteiger partial charge in [0.15, 0.2) is 11.0 Å². The zero-order valence-corrected chi connectivity index (χ0v) is 20.1. The van der Waals surface area contributed by atoms with Gasteiger partial charge in [-0.05, 0) is 55.4 Å². The Bertz CT molecular complexity index is 1020. The molecule has 2 heterocycles. The van der Waals surface area contributed by atoms with Crippen molar-refractivity contribution in [2.45, 2.75) is 44.2 Å². The molecule has 4 N–H and O–H groups in total. The van der Waals surface area contributed by atoms with Crippen molar-refractivity contribution in [2.75, 3.05) is 30.4 Å². The van der Waals surface area contributed by atoms with E-state index in [0.29, 0.717) is 16.8 Å². The lowest BCUT2D eigenvalue weighted by atomic mass is 9.95. The number of nitrogens with two attached hydrogens (primary N) is 1. The highest BCUT2D eigenvalue weighted by Crippen LogP contribution is 2.31. The Labute approximate surface area is 193 Å². The monoisotopic (exact) mass is 453 g/mol. The predicted octanol–water partition coefficient (Wildman–Crippen LogP) is 3.93. The van der Waals surface area contributed by atoms with Crippen LogP contribution in [0.3, 0.4) is 0 Å². The van der Waals surface area contributed by atoms with Crippen molar-refractivity contribution in [1.82, 2.24) is 15.3 Å². The second-order valence-electron chi connectivity index (χ2n) is 8.65. The molecule has 1 saturated heterocycles. The number of nitrogens with one attached hydrogen (secondary N) is 2. The Kier molecular flexibility index (Phi) is 7.40. The second kappa shape index (κ2) is 10.0. The Balaban J connectivity index is 1.81. The number of rotatable bonds is 7. The van der Waals surface area contributed by atoms with Crippen molar-refractivity contribution in [2.24, 2.45) is 16.1 Å². The van der Waals surface area contributed by atoms with E-state index < -0.39 is 5.41 Å². The Morgan fingerprint density at radius 3 is 2.47 bits per heavy atom. The third-order valence-electron chi connectivity index (χ3n) is 4.86. The summed E-state index contributed by atoms with van der Waals surface area (Å²) in [7, 11) is 1.83. The Morgan fingerprint density at radius 2 is 1.91 bits per heavy atom. The van der Waals surface area contributed by atoms with Crippen LogP contribution in [-0.2, 0) is 4.79 Å². The van der Waals surface area contributed by atoms with Gasteiger partial charge in [-0.25, -0.2) is 15.0 Å². The van der Waals surface area contributed by atoms with Crippen LogP contribution in [0.1, 0.15) is 34.1 Å². The summed E-state index contributed by atoms with van der Waals surface area (Å²) in [6.45, 7) is 9.53. The summed E-state index contributed by atoms with van der Waals surface area (Å²) in [4.78, 5) is 29.1. The number of amidine groups is 1. The molecule has 9 heteroatoms. The molecule has 1 fully saturated rings. The van der Waals surface area contributed by atoms with Gasteiger partial charge in [0.2, 0.25) is 5.91 Å². The molecule has 0 bridgehead atoms. The summed E-state index contributed by atoms with van der Waals surface area (Å²) in [5, 5.41) is 6.56. The number of carbonyl (C=O) groups is 1. The summed E-state index contributed by atoms with van der Waals surface area (Å²) in [5.41, 5.74) is 7.29. The molecule has 1 aliphatic heterocycles. The molecule has 0 atom stereocenters. The first-order valence-corrected chi connectivity index (χ1v) is 11.4. The van der Waals surface area contributed by atoms with Crippen molar-refractivity contribution in [1.29, 1.82) is 0 Å². The first-order chi connectivity index (χ1) is 15.1. The fourth-order valence-electron chi connectivity index (χ4n) is 2.70. The minimum atomic E-state index is -0.446. The van der Waals surface area contributed by atoms with Gasteiger partial charge in [-0.3, -0.25) is 4.79 Å². The van der Waals surface area contributed by atoms with Gasteiger partial charge in [0.05, 0.1) is 0 Å². The number of carbonyl (C=O) groups excluding carboxylic acids is 1. The van der Waals surface area contributed by atoms with Crippen LogP contribution in [0.15, 0.2) is 57.1 Å². The molecule has 0 unspecified atom stereocenters. The second-order valence-corrected chi connectivity index (χ2v) is 9.69. The number of benzene rings is 1. The van der Waals surface area contributed by atoms with Crippen LogP contribution >= 0.6 is 11.8 Å². The molecule has 3 rings (SSSR count). The molecule has 1 aliphatic rings. The highest BCUT2D eigenvalue weighted by atomic mass is 32.2. The molecule has 0 aliphatic carbocycles. The van der Waals surface area contributed by atoms with Crippen molar-refractivity contribution < 1.29 is 4.79 Å². The topological polar surface area (TPSA) is 109 Å². The van der Waals surface area contributed by atoms with E-state index in [1.165, 1.54) is 11.8 Å². The Morgan fingerprint density at radius 1 is 1.22 bits per heavy atom. The van der Waals surface area contributed by atoms with Crippen LogP contribution in [-0.4, -0.2) is 41.8 Å². The summed E-state index contributed by atoms with van der Waals surface area (Å²) in [6.07, 6.45) is 2.92. The quantitative estimate of drug-likeness (QED) is 0.331. The molecule has 0 spiro atoms. The van der Waals surface area contributed by atoms with Crippen LogP contribution in [0.2, 0.25) is 0 Å². The van der Waals surface area contributed by atoms with Gasteiger partial charge in [0.1, 0.15) is 11.7 Å². The molecule has 8 nitrogen and oxygen atoms in total. The maximum absolute atomic E-state index is 12.2. The molecule has 1 aromatic heterocycles. The van der Waals surface area contributed by atoms with Crippen LogP contribution < -0.4 is 21.3 Å².